The number of hydrogen-bond acceptors (Lipinski definition) is 3. The molecule has 2 N–H and O–H groups in total. The minimum Gasteiger partial charge on any atom is -0.474 e. The molecule has 1 saturated carbocycles. The van der Waals surface area contributed by atoms with Gasteiger partial charge in [-0.3, -0.25) is 9.59 Å². The number of amides is 2. The maximum absolute atomic E-state index is 12.3. The number of ether oxygens (including phenoxy) is 1. The zero-order chi connectivity index (χ0) is 16.5. The maximum Gasteiger partial charge on any atom is 0.270 e. The minimum atomic E-state index is -0.658. The fourth-order valence-corrected chi connectivity index (χ4v) is 2.95. The summed E-state index contributed by atoms with van der Waals surface area (Å²) in [5.74, 6) is 0.557. The number of carbonyl (C=O) groups excluding carboxylic acids is 2. The Hall–Kier alpha value is -2.82. The first kappa shape index (κ1) is 14.8. The Morgan fingerprint density at radius 3 is 2.62 bits per heavy atom. The average Bonchev–Trinajstić information content (AvgIpc) is 2.53. The Morgan fingerprint density at radius 1 is 1.12 bits per heavy atom. The van der Waals surface area contributed by atoms with E-state index in [1.807, 2.05) is 30.3 Å². The predicted molar refractivity (Wildman–Crippen MR) is 90.9 cm³/mol. The number of hydrogen-bond donors (Lipinski definition) is 2. The van der Waals surface area contributed by atoms with Crippen molar-refractivity contribution in [1.82, 2.24) is 0 Å². The molecule has 1 aliphatic carbocycles. The predicted octanol–water partition coefficient (Wildman–Crippen LogP) is 3.50. The molecule has 0 saturated heterocycles. The van der Waals surface area contributed by atoms with E-state index in [1.54, 1.807) is 18.2 Å². The third kappa shape index (κ3) is 2.73. The maximum atomic E-state index is 12.3. The number of benzene rings is 2. The molecule has 5 nitrogen and oxygen atoms in total. The van der Waals surface area contributed by atoms with E-state index in [0.717, 1.165) is 24.8 Å². The lowest BCUT2D eigenvalue weighted by atomic mass is 9.85. The number of carbonyl (C=O) groups is 2. The SMILES string of the molecule is O=C(Nc1ccc2c(c1)NC(=O)C(c1ccccc1)O2)C1CCC1. The van der Waals surface area contributed by atoms with Gasteiger partial charge in [0.15, 0.2) is 0 Å². The summed E-state index contributed by atoms with van der Waals surface area (Å²) in [6.07, 6.45) is 2.37. The van der Waals surface area contributed by atoms with Gasteiger partial charge in [0.25, 0.3) is 5.91 Å². The largest absolute Gasteiger partial charge is 0.474 e. The van der Waals surface area contributed by atoms with Gasteiger partial charge >= 0.3 is 0 Å². The second-order valence-electron chi connectivity index (χ2n) is 6.23. The van der Waals surface area contributed by atoms with E-state index >= 15 is 0 Å². The van der Waals surface area contributed by atoms with Crippen LogP contribution >= 0.6 is 0 Å². The Bertz CT molecular complexity index is 784. The lowest BCUT2D eigenvalue weighted by molar-refractivity contribution is -0.124. The summed E-state index contributed by atoms with van der Waals surface area (Å²) in [5.41, 5.74) is 2.06. The summed E-state index contributed by atoms with van der Waals surface area (Å²) in [4.78, 5) is 24.4. The Kier molecular flexibility index (Phi) is 3.69. The average molecular weight is 322 g/mol. The van der Waals surface area contributed by atoms with Crippen LogP contribution in [0.4, 0.5) is 11.4 Å². The first-order valence-corrected chi connectivity index (χ1v) is 8.18. The van der Waals surface area contributed by atoms with Crippen molar-refractivity contribution in [1.29, 1.82) is 0 Å². The minimum absolute atomic E-state index is 0.0476. The van der Waals surface area contributed by atoms with Crippen LogP contribution in [0.3, 0.4) is 0 Å². The number of fused-ring (bicyclic) bond motifs is 1. The summed E-state index contributed by atoms with van der Waals surface area (Å²) in [7, 11) is 0. The third-order valence-corrected chi connectivity index (χ3v) is 4.57. The molecular weight excluding hydrogens is 304 g/mol. The molecule has 1 atom stereocenters. The van der Waals surface area contributed by atoms with Gasteiger partial charge in [0.1, 0.15) is 5.75 Å². The zero-order valence-corrected chi connectivity index (χ0v) is 13.1. The molecule has 1 fully saturated rings. The van der Waals surface area contributed by atoms with Crippen LogP contribution in [0.1, 0.15) is 30.9 Å². The zero-order valence-electron chi connectivity index (χ0n) is 13.1. The highest BCUT2D eigenvalue weighted by molar-refractivity contribution is 6.00. The van der Waals surface area contributed by atoms with Gasteiger partial charge in [0.05, 0.1) is 5.69 Å². The molecule has 4 rings (SSSR count). The van der Waals surface area contributed by atoms with Crippen LogP contribution in [0.2, 0.25) is 0 Å². The molecule has 0 spiro atoms. The van der Waals surface area contributed by atoms with E-state index in [1.165, 1.54) is 0 Å². The van der Waals surface area contributed by atoms with E-state index in [0.29, 0.717) is 17.1 Å². The van der Waals surface area contributed by atoms with Gasteiger partial charge in [-0.15, -0.1) is 0 Å². The van der Waals surface area contributed by atoms with Gasteiger partial charge in [0.2, 0.25) is 12.0 Å². The second kappa shape index (κ2) is 6.00. The molecule has 122 valence electrons. The standard InChI is InChI=1S/C19H18N2O3/c22-18(13-7-4-8-13)20-14-9-10-16-15(11-14)21-19(23)17(24-16)12-5-2-1-3-6-12/h1-3,5-6,9-11,13,17H,4,7-8H2,(H,20,22)(H,21,23). The van der Waals surface area contributed by atoms with E-state index in [4.69, 9.17) is 4.74 Å². The van der Waals surface area contributed by atoms with Gasteiger partial charge in [0, 0.05) is 17.2 Å². The van der Waals surface area contributed by atoms with E-state index in [2.05, 4.69) is 10.6 Å². The van der Waals surface area contributed by atoms with Crippen LogP contribution in [-0.2, 0) is 9.59 Å². The normalized spacial score (nSPS) is 19.5. The van der Waals surface area contributed by atoms with Gasteiger partial charge in [-0.25, -0.2) is 0 Å². The quantitative estimate of drug-likeness (QED) is 0.909. The van der Waals surface area contributed by atoms with Crippen molar-refractivity contribution >= 4 is 23.2 Å². The number of anilines is 2. The van der Waals surface area contributed by atoms with Crippen molar-refractivity contribution in [3.8, 4) is 5.75 Å². The molecule has 1 heterocycles. The summed E-state index contributed by atoms with van der Waals surface area (Å²) in [6.45, 7) is 0. The van der Waals surface area contributed by atoms with Gasteiger partial charge in [-0.2, -0.15) is 0 Å². The van der Waals surface area contributed by atoms with Gasteiger partial charge in [-0.05, 0) is 31.0 Å². The van der Waals surface area contributed by atoms with Crippen LogP contribution in [0.15, 0.2) is 48.5 Å². The highest BCUT2D eigenvalue weighted by Gasteiger charge is 2.30. The van der Waals surface area contributed by atoms with Crippen LogP contribution < -0.4 is 15.4 Å². The molecule has 1 unspecified atom stereocenters. The molecule has 1 aliphatic heterocycles. The molecule has 2 amide bonds. The van der Waals surface area contributed by atoms with Crippen molar-refractivity contribution in [2.45, 2.75) is 25.4 Å². The van der Waals surface area contributed by atoms with Crippen molar-refractivity contribution in [2.24, 2.45) is 5.92 Å². The van der Waals surface area contributed by atoms with Gasteiger partial charge < -0.3 is 15.4 Å². The molecular formula is C19H18N2O3. The fraction of sp³-hybridized carbons (Fsp3) is 0.263. The number of nitrogens with one attached hydrogen (secondary N) is 2. The van der Waals surface area contributed by atoms with Gasteiger partial charge in [-0.1, -0.05) is 36.8 Å². The monoisotopic (exact) mass is 322 g/mol. The molecule has 0 aromatic heterocycles. The van der Waals surface area contributed by atoms with E-state index in [-0.39, 0.29) is 17.7 Å². The van der Waals surface area contributed by atoms with Crippen molar-refractivity contribution in [3.05, 3.63) is 54.1 Å². The number of rotatable bonds is 3. The second-order valence-corrected chi connectivity index (χ2v) is 6.23. The summed E-state index contributed by atoms with van der Waals surface area (Å²) in [6, 6.07) is 14.7. The lowest BCUT2D eigenvalue weighted by Crippen LogP contribution is -2.30. The Labute approximate surface area is 140 Å². The molecule has 0 radical (unpaired) electrons. The third-order valence-electron chi connectivity index (χ3n) is 4.57. The Balaban J connectivity index is 1.53. The molecule has 2 aliphatic rings. The first-order valence-electron chi connectivity index (χ1n) is 8.18. The highest BCUT2D eigenvalue weighted by Crippen LogP contribution is 2.37. The van der Waals surface area contributed by atoms with Crippen molar-refractivity contribution in [3.63, 3.8) is 0 Å². The van der Waals surface area contributed by atoms with Crippen molar-refractivity contribution in [2.75, 3.05) is 10.6 Å². The Morgan fingerprint density at radius 2 is 1.92 bits per heavy atom. The topological polar surface area (TPSA) is 67.4 Å². The van der Waals surface area contributed by atoms with Crippen molar-refractivity contribution < 1.29 is 14.3 Å². The highest BCUT2D eigenvalue weighted by atomic mass is 16.5. The summed E-state index contributed by atoms with van der Waals surface area (Å²) < 4.78 is 5.85. The van der Waals surface area contributed by atoms with Crippen LogP contribution in [0.25, 0.3) is 0 Å². The molecule has 2 aromatic rings. The van der Waals surface area contributed by atoms with E-state index < -0.39 is 6.10 Å². The summed E-state index contributed by atoms with van der Waals surface area (Å²) >= 11 is 0. The molecule has 24 heavy (non-hydrogen) atoms. The van der Waals surface area contributed by atoms with Crippen LogP contribution in [0, 0.1) is 5.92 Å². The smallest absolute Gasteiger partial charge is 0.270 e. The van der Waals surface area contributed by atoms with Crippen LogP contribution in [-0.4, -0.2) is 11.8 Å². The first-order chi connectivity index (χ1) is 11.7. The fourth-order valence-electron chi connectivity index (χ4n) is 2.95. The van der Waals surface area contributed by atoms with Crippen LogP contribution in [0.5, 0.6) is 5.75 Å². The van der Waals surface area contributed by atoms with E-state index in [9.17, 15) is 9.59 Å². The molecule has 0 bridgehead atoms. The molecule has 5 heteroatoms. The molecule has 2 aromatic carbocycles. The lowest BCUT2D eigenvalue weighted by Gasteiger charge is -2.27. The summed E-state index contributed by atoms with van der Waals surface area (Å²) in [5, 5.41) is 5.77.